The number of hydrogen-bond acceptors (Lipinski definition) is 2. The summed E-state index contributed by atoms with van der Waals surface area (Å²) in [6.45, 7) is 3.17. The van der Waals surface area contributed by atoms with Gasteiger partial charge in [-0.2, -0.15) is 0 Å². The van der Waals surface area contributed by atoms with E-state index in [2.05, 4.69) is 0 Å². The summed E-state index contributed by atoms with van der Waals surface area (Å²) >= 11 is 5.56. The first kappa shape index (κ1) is 9.81. The zero-order chi connectivity index (χ0) is 8.97. The van der Waals surface area contributed by atoms with E-state index < -0.39 is 0 Å². The maximum Gasteiger partial charge on any atom is 0.250 e. The van der Waals surface area contributed by atoms with E-state index in [0.29, 0.717) is 19.0 Å². The topological polar surface area (TPSA) is 29.5 Å². The van der Waals surface area contributed by atoms with Crippen LogP contribution in [0.2, 0.25) is 0 Å². The molecular weight excluding hydrogens is 178 g/mol. The van der Waals surface area contributed by atoms with Gasteiger partial charge in [0.05, 0.1) is 12.5 Å². The van der Waals surface area contributed by atoms with Gasteiger partial charge in [0, 0.05) is 12.4 Å². The highest BCUT2D eigenvalue weighted by Crippen LogP contribution is 2.11. The lowest BCUT2D eigenvalue weighted by atomic mass is 10.2. The summed E-state index contributed by atoms with van der Waals surface area (Å²) in [6.07, 6.45) is 2.07. The minimum absolute atomic E-state index is 0.00435. The molecule has 1 fully saturated rings. The van der Waals surface area contributed by atoms with Crippen molar-refractivity contribution in [3.8, 4) is 0 Å². The molecule has 0 aromatic carbocycles. The normalized spacial score (nSPS) is 20.7. The van der Waals surface area contributed by atoms with Crippen LogP contribution < -0.4 is 0 Å². The summed E-state index contributed by atoms with van der Waals surface area (Å²) in [5.41, 5.74) is 0. The van der Waals surface area contributed by atoms with Crippen LogP contribution in [-0.4, -0.2) is 30.0 Å². The van der Waals surface area contributed by atoms with Gasteiger partial charge < -0.3 is 0 Å². The van der Waals surface area contributed by atoms with Gasteiger partial charge in [-0.25, -0.2) is 5.06 Å². The van der Waals surface area contributed by atoms with Gasteiger partial charge in [-0.3, -0.25) is 9.63 Å². The van der Waals surface area contributed by atoms with E-state index >= 15 is 0 Å². The lowest BCUT2D eigenvalue weighted by Gasteiger charge is -2.27. The number of hydroxylamine groups is 2. The smallest absolute Gasteiger partial charge is 0.250 e. The Hall–Kier alpha value is -0.280. The van der Waals surface area contributed by atoms with Crippen molar-refractivity contribution >= 4 is 17.5 Å². The quantitative estimate of drug-likeness (QED) is 0.618. The Labute approximate surface area is 77.6 Å². The van der Waals surface area contributed by atoms with E-state index in [1.165, 1.54) is 5.06 Å². The molecule has 0 bridgehead atoms. The van der Waals surface area contributed by atoms with Crippen molar-refractivity contribution in [3.05, 3.63) is 0 Å². The molecule has 1 rings (SSSR count). The minimum Gasteiger partial charge on any atom is -0.272 e. The Morgan fingerprint density at radius 1 is 1.67 bits per heavy atom. The molecule has 0 aliphatic carbocycles. The standard InChI is InChI=1S/C8H14ClNO2/c1-7(6-9)8(11)10-4-2-3-5-12-10/h7H,2-6H2,1H3. The molecule has 0 spiro atoms. The van der Waals surface area contributed by atoms with Crippen LogP contribution in [0.25, 0.3) is 0 Å². The van der Waals surface area contributed by atoms with Crippen molar-refractivity contribution in [2.75, 3.05) is 19.0 Å². The first-order chi connectivity index (χ1) is 5.75. The molecule has 70 valence electrons. The molecule has 1 saturated heterocycles. The first-order valence-corrected chi connectivity index (χ1v) is 4.79. The summed E-state index contributed by atoms with van der Waals surface area (Å²) in [6, 6.07) is 0. The van der Waals surface area contributed by atoms with Gasteiger partial charge in [0.2, 0.25) is 5.91 Å². The van der Waals surface area contributed by atoms with Gasteiger partial charge >= 0.3 is 0 Å². The lowest BCUT2D eigenvalue weighted by Crippen LogP contribution is -2.39. The molecule has 1 heterocycles. The monoisotopic (exact) mass is 191 g/mol. The SMILES string of the molecule is CC(CCl)C(=O)N1CCCCO1. The number of carbonyl (C=O) groups is 1. The number of alkyl halides is 1. The highest BCUT2D eigenvalue weighted by Gasteiger charge is 2.22. The van der Waals surface area contributed by atoms with Gasteiger partial charge in [0.25, 0.3) is 0 Å². The second-order valence-corrected chi connectivity index (χ2v) is 3.34. The van der Waals surface area contributed by atoms with E-state index in [0.717, 1.165) is 12.8 Å². The molecule has 1 amide bonds. The maximum atomic E-state index is 11.4. The van der Waals surface area contributed by atoms with Gasteiger partial charge in [-0.1, -0.05) is 6.92 Å². The van der Waals surface area contributed by atoms with Crippen molar-refractivity contribution in [1.82, 2.24) is 5.06 Å². The third-order valence-corrected chi connectivity index (χ3v) is 2.36. The van der Waals surface area contributed by atoms with Crippen LogP contribution in [0.1, 0.15) is 19.8 Å². The van der Waals surface area contributed by atoms with Crippen LogP contribution in [0.3, 0.4) is 0 Å². The molecule has 1 aliphatic heterocycles. The van der Waals surface area contributed by atoms with Gasteiger partial charge in [-0.15, -0.1) is 11.6 Å². The Kier molecular flexibility index (Phi) is 3.82. The Morgan fingerprint density at radius 3 is 2.92 bits per heavy atom. The number of nitrogens with zero attached hydrogens (tertiary/aromatic N) is 1. The van der Waals surface area contributed by atoms with Crippen molar-refractivity contribution in [3.63, 3.8) is 0 Å². The molecular formula is C8H14ClNO2. The number of rotatable bonds is 2. The van der Waals surface area contributed by atoms with Crippen LogP contribution in [0.4, 0.5) is 0 Å². The summed E-state index contributed by atoms with van der Waals surface area (Å²) in [5, 5.41) is 1.44. The predicted molar refractivity (Wildman–Crippen MR) is 46.8 cm³/mol. The fourth-order valence-corrected chi connectivity index (χ4v) is 1.21. The Morgan fingerprint density at radius 2 is 2.42 bits per heavy atom. The van der Waals surface area contributed by atoms with Gasteiger partial charge in [-0.05, 0) is 12.8 Å². The molecule has 0 aromatic heterocycles. The van der Waals surface area contributed by atoms with Crippen LogP contribution in [-0.2, 0) is 9.63 Å². The average molecular weight is 192 g/mol. The third-order valence-electron chi connectivity index (χ3n) is 1.90. The van der Waals surface area contributed by atoms with Crippen molar-refractivity contribution in [2.45, 2.75) is 19.8 Å². The van der Waals surface area contributed by atoms with E-state index in [1.54, 1.807) is 0 Å². The minimum atomic E-state index is -0.134. The number of halogens is 1. The maximum absolute atomic E-state index is 11.4. The second-order valence-electron chi connectivity index (χ2n) is 3.04. The number of amides is 1. The Balaban J connectivity index is 2.39. The molecule has 12 heavy (non-hydrogen) atoms. The molecule has 0 N–H and O–H groups in total. The molecule has 0 saturated carbocycles. The van der Waals surface area contributed by atoms with Crippen LogP contribution >= 0.6 is 11.6 Å². The van der Waals surface area contributed by atoms with E-state index in [4.69, 9.17) is 16.4 Å². The van der Waals surface area contributed by atoms with Gasteiger partial charge in [0.15, 0.2) is 0 Å². The summed E-state index contributed by atoms with van der Waals surface area (Å²) in [7, 11) is 0. The van der Waals surface area contributed by atoms with E-state index in [1.807, 2.05) is 6.92 Å². The molecule has 0 aromatic rings. The van der Waals surface area contributed by atoms with E-state index in [-0.39, 0.29) is 11.8 Å². The summed E-state index contributed by atoms with van der Waals surface area (Å²) in [4.78, 5) is 16.6. The fraction of sp³-hybridized carbons (Fsp3) is 0.875. The highest BCUT2D eigenvalue weighted by atomic mass is 35.5. The molecule has 1 atom stereocenters. The third kappa shape index (κ3) is 2.35. The zero-order valence-corrected chi connectivity index (χ0v) is 8.01. The summed E-state index contributed by atoms with van der Waals surface area (Å²) in [5.74, 6) is 0.230. The Bertz CT molecular complexity index is 157. The fourth-order valence-electron chi connectivity index (χ4n) is 1.08. The second kappa shape index (κ2) is 4.67. The summed E-state index contributed by atoms with van der Waals surface area (Å²) < 4.78 is 0. The van der Waals surface area contributed by atoms with Crippen molar-refractivity contribution in [2.24, 2.45) is 5.92 Å². The van der Waals surface area contributed by atoms with Crippen molar-refractivity contribution in [1.29, 1.82) is 0 Å². The number of carbonyl (C=O) groups excluding carboxylic acids is 1. The first-order valence-electron chi connectivity index (χ1n) is 4.26. The largest absolute Gasteiger partial charge is 0.272 e. The van der Waals surface area contributed by atoms with Crippen molar-refractivity contribution < 1.29 is 9.63 Å². The molecule has 3 nitrogen and oxygen atoms in total. The predicted octanol–water partition coefficient (Wildman–Crippen LogP) is 1.42. The molecule has 0 radical (unpaired) electrons. The average Bonchev–Trinajstić information content (AvgIpc) is 2.17. The van der Waals surface area contributed by atoms with E-state index in [9.17, 15) is 4.79 Å². The molecule has 1 unspecified atom stereocenters. The molecule has 1 aliphatic rings. The van der Waals surface area contributed by atoms with Crippen LogP contribution in [0, 0.1) is 5.92 Å². The van der Waals surface area contributed by atoms with Gasteiger partial charge in [0.1, 0.15) is 0 Å². The molecule has 4 heteroatoms. The van der Waals surface area contributed by atoms with Crippen LogP contribution in [0.5, 0.6) is 0 Å². The van der Waals surface area contributed by atoms with Crippen LogP contribution in [0.15, 0.2) is 0 Å². The lowest BCUT2D eigenvalue weighted by molar-refractivity contribution is -0.200. The highest BCUT2D eigenvalue weighted by molar-refractivity contribution is 6.19. The zero-order valence-electron chi connectivity index (χ0n) is 7.25. The number of hydrogen-bond donors (Lipinski definition) is 0.